The van der Waals surface area contributed by atoms with E-state index in [1.54, 1.807) is 12.1 Å². The van der Waals surface area contributed by atoms with Crippen molar-refractivity contribution in [3.05, 3.63) is 42.5 Å². The van der Waals surface area contributed by atoms with Crippen LogP contribution in [0.4, 0.5) is 0 Å². The maximum absolute atomic E-state index is 13.2. The summed E-state index contributed by atoms with van der Waals surface area (Å²) in [7, 11) is -6.66. The molecule has 1 aliphatic carbocycles. The van der Waals surface area contributed by atoms with Gasteiger partial charge in [-0.3, -0.25) is 9.69 Å². The summed E-state index contributed by atoms with van der Waals surface area (Å²) in [6.45, 7) is 1.80. The predicted molar refractivity (Wildman–Crippen MR) is 126 cm³/mol. The third-order valence-electron chi connectivity index (χ3n) is 6.88. The van der Waals surface area contributed by atoms with Crippen LogP contribution in [0.5, 0.6) is 0 Å². The Kier molecular flexibility index (Phi) is 5.97. The molecule has 5 rings (SSSR count). The van der Waals surface area contributed by atoms with Crippen LogP contribution in [0.3, 0.4) is 0 Å². The molecule has 0 aromatic heterocycles. The minimum atomic E-state index is -3.61. The summed E-state index contributed by atoms with van der Waals surface area (Å²) in [5.74, 6) is 0.178. The maximum Gasteiger partial charge on any atom is 0.243 e. The standard InChI is InChI=1S/C23H29N3O5S2/c27-23(26(20-6-7-20)21-9-14-32(28,29)17-21)16-24-10-12-25(13-11-24)33(30,31)22-8-5-18-3-1-2-4-19(18)15-22/h1-5,8,15,20-21H,6-7,9-14,16-17H2/t21-/m0/s1. The van der Waals surface area contributed by atoms with Crippen molar-refractivity contribution >= 4 is 36.5 Å². The molecule has 3 fully saturated rings. The van der Waals surface area contributed by atoms with E-state index in [9.17, 15) is 21.6 Å². The van der Waals surface area contributed by atoms with Gasteiger partial charge in [0, 0.05) is 38.3 Å². The van der Waals surface area contributed by atoms with Crippen LogP contribution in [0.25, 0.3) is 10.8 Å². The van der Waals surface area contributed by atoms with Crippen LogP contribution in [-0.2, 0) is 24.7 Å². The fourth-order valence-corrected chi connectivity index (χ4v) is 8.10. The van der Waals surface area contributed by atoms with E-state index >= 15 is 0 Å². The highest BCUT2D eigenvalue weighted by atomic mass is 32.2. The fraction of sp³-hybridized carbons (Fsp3) is 0.522. The van der Waals surface area contributed by atoms with Crippen LogP contribution in [0.15, 0.2) is 47.4 Å². The van der Waals surface area contributed by atoms with Crippen LogP contribution in [-0.4, -0.2) is 93.2 Å². The van der Waals surface area contributed by atoms with Crippen LogP contribution in [0.2, 0.25) is 0 Å². The molecule has 2 saturated heterocycles. The van der Waals surface area contributed by atoms with Gasteiger partial charge in [-0.25, -0.2) is 16.8 Å². The summed E-state index contributed by atoms with van der Waals surface area (Å²) in [5.41, 5.74) is 0. The fourth-order valence-electron chi connectivity index (χ4n) is 4.93. The van der Waals surface area contributed by atoms with Crippen molar-refractivity contribution in [3.63, 3.8) is 0 Å². The van der Waals surface area contributed by atoms with Crippen molar-refractivity contribution in [2.24, 2.45) is 0 Å². The first kappa shape index (κ1) is 22.8. The molecule has 10 heteroatoms. The highest BCUT2D eigenvalue weighted by molar-refractivity contribution is 7.91. The average Bonchev–Trinajstić information content (AvgIpc) is 3.56. The van der Waals surface area contributed by atoms with Crippen molar-refractivity contribution in [2.75, 3.05) is 44.2 Å². The van der Waals surface area contributed by atoms with Crippen LogP contribution >= 0.6 is 0 Å². The topological polar surface area (TPSA) is 95.1 Å². The molecule has 1 saturated carbocycles. The number of amides is 1. The van der Waals surface area contributed by atoms with Gasteiger partial charge < -0.3 is 4.90 Å². The Morgan fingerprint density at radius 1 is 0.939 bits per heavy atom. The molecule has 0 spiro atoms. The van der Waals surface area contributed by atoms with Gasteiger partial charge in [0.25, 0.3) is 0 Å². The van der Waals surface area contributed by atoms with E-state index < -0.39 is 19.9 Å². The van der Waals surface area contributed by atoms with E-state index in [4.69, 9.17) is 0 Å². The summed E-state index contributed by atoms with van der Waals surface area (Å²) in [6, 6.07) is 12.8. The van der Waals surface area contributed by atoms with Gasteiger partial charge in [-0.1, -0.05) is 30.3 Å². The quantitative estimate of drug-likeness (QED) is 0.605. The second-order valence-electron chi connectivity index (χ2n) is 9.28. The Balaban J connectivity index is 1.21. The lowest BCUT2D eigenvalue weighted by Crippen LogP contribution is -2.53. The summed E-state index contributed by atoms with van der Waals surface area (Å²) in [4.78, 5) is 17.1. The lowest BCUT2D eigenvalue weighted by molar-refractivity contribution is -0.135. The molecule has 0 unspecified atom stereocenters. The Morgan fingerprint density at radius 2 is 1.64 bits per heavy atom. The molecule has 0 N–H and O–H groups in total. The van der Waals surface area contributed by atoms with Gasteiger partial charge >= 0.3 is 0 Å². The zero-order valence-corrected chi connectivity index (χ0v) is 20.1. The van der Waals surface area contributed by atoms with Crippen LogP contribution in [0, 0.1) is 0 Å². The minimum absolute atomic E-state index is 0.0366. The van der Waals surface area contributed by atoms with Crippen molar-refractivity contribution < 1.29 is 21.6 Å². The summed E-state index contributed by atoms with van der Waals surface area (Å²) >= 11 is 0. The zero-order chi connectivity index (χ0) is 23.2. The van der Waals surface area contributed by atoms with E-state index in [2.05, 4.69) is 0 Å². The van der Waals surface area contributed by atoms with Crippen molar-refractivity contribution in [3.8, 4) is 0 Å². The van der Waals surface area contributed by atoms with Crippen LogP contribution in [0.1, 0.15) is 19.3 Å². The smallest absolute Gasteiger partial charge is 0.243 e. The molecule has 0 radical (unpaired) electrons. The predicted octanol–water partition coefficient (Wildman–Crippen LogP) is 1.32. The summed E-state index contributed by atoms with van der Waals surface area (Å²) in [5, 5.41) is 1.88. The van der Waals surface area contributed by atoms with E-state index in [0.29, 0.717) is 32.6 Å². The van der Waals surface area contributed by atoms with Crippen molar-refractivity contribution in [2.45, 2.75) is 36.2 Å². The molecule has 3 aliphatic rings. The molecule has 2 aromatic rings. The Bertz CT molecular complexity index is 1270. The number of nitrogens with zero attached hydrogens (tertiary/aromatic N) is 3. The number of carbonyl (C=O) groups excluding carboxylic acids is 1. The zero-order valence-electron chi connectivity index (χ0n) is 18.5. The molecule has 8 nitrogen and oxygen atoms in total. The van der Waals surface area contributed by atoms with Gasteiger partial charge in [-0.05, 0) is 42.2 Å². The van der Waals surface area contributed by atoms with E-state index in [-0.39, 0.29) is 40.9 Å². The van der Waals surface area contributed by atoms with Crippen molar-refractivity contribution in [1.29, 1.82) is 0 Å². The van der Waals surface area contributed by atoms with Gasteiger partial charge in [0.1, 0.15) is 0 Å². The molecule has 178 valence electrons. The van der Waals surface area contributed by atoms with Gasteiger partial charge in [-0.2, -0.15) is 4.31 Å². The number of hydrogen-bond acceptors (Lipinski definition) is 6. The number of piperazine rings is 1. The molecular weight excluding hydrogens is 462 g/mol. The minimum Gasteiger partial charge on any atom is -0.335 e. The summed E-state index contributed by atoms with van der Waals surface area (Å²) < 4.78 is 51.7. The Labute approximate surface area is 195 Å². The molecule has 2 aromatic carbocycles. The number of hydrogen-bond donors (Lipinski definition) is 0. The first-order chi connectivity index (χ1) is 15.7. The first-order valence-corrected chi connectivity index (χ1v) is 14.7. The summed E-state index contributed by atoms with van der Waals surface area (Å²) in [6.07, 6.45) is 2.38. The average molecular weight is 492 g/mol. The number of fused-ring (bicyclic) bond motifs is 1. The second kappa shape index (κ2) is 8.65. The van der Waals surface area contributed by atoms with E-state index in [1.807, 2.05) is 40.1 Å². The SMILES string of the molecule is O=C(CN1CCN(S(=O)(=O)c2ccc3ccccc3c2)CC1)N(C1CC1)[C@H]1CCS(=O)(=O)C1. The third kappa shape index (κ3) is 4.80. The molecule has 2 heterocycles. The molecule has 1 amide bonds. The second-order valence-corrected chi connectivity index (χ2v) is 13.4. The van der Waals surface area contributed by atoms with Crippen molar-refractivity contribution in [1.82, 2.24) is 14.1 Å². The molecule has 2 aliphatic heterocycles. The number of carbonyl (C=O) groups is 1. The van der Waals surface area contributed by atoms with Crippen LogP contribution < -0.4 is 0 Å². The highest BCUT2D eigenvalue weighted by Gasteiger charge is 2.42. The molecule has 33 heavy (non-hydrogen) atoms. The van der Waals surface area contributed by atoms with Gasteiger partial charge in [0.2, 0.25) is 15.9 Å². The van der Waals surface area contributed by atoms with Gasteiger partial charge in [0.05, 0.1) is 22.9 Å². The number of sulfonamides is 1. The molecule has 1 atom stereocenters. The highest BCUT2D eigenvalue weighted by Crippen LogP contribution is 2.32. The first-order valence-electron chi connectivity index (χ1n) is 11.5. The number of benzene rings is 2. The third-order valence-corrected chi connectivity index (χ3v) is 10.5. The monoisotopic (exact) mass is 491 g/mol. The lowest BCUT2D eigenvalue weighted by Gasteiger charge is -2.36. The normalized spacial score (nSPS) is 24.2. The van der Waals surface area contributed by atoms with Gasteiger partial charge in [0.15, 0.2) is 9.84 Å². The molecular formula is C23H29N3O5S2. The van der Waals surface area contributed by atoms with E-state index in [1.165, 1.54) is 4.31 Å². The molecule has 0 bridgehead atoms. The Hall–Kier alpha value is -2.01. The van der Waals surface area contributed by atoms with E-state index in [0.717, 1.165) is 23.6 Å². The number of sulfone groups is 1. The largest absolute Gasteiger partial charge is 0.335 e. The lowest BCUT2D eigenvalue weighted by atomic mass is 10.1. The maximum atomic E-state index is 13.2. The number of rotatable bonds is 6. The Morgan fingerprint density at radius 3 is 2.27 bits per heavy atom. The van der Waals surface area contributed by atoms with Gasteiger partial charge in [-0.15, -0.1) is 0 Å².